The largest absolute Gasteiger partial charge is 0.313 e. The van der Waals surface area contributed by atoms with Gasteiger partial charge in [-0.05, 0) is 25.0 Å². The van der Waals surface area contributed by atoms with E-state index >= 15 is 0 Å². The van der Waals surface area contributed by atoms with Crippen LogP contribution in [0.15, 0.2) is 83.8 Å². The zero-order valence-electron chi connectivity index (χ0n) is 14.0. The van der Waals surface area contributed by atoms with Crippen molar-refractivity contribution in [3.63, 3.8) is 0 Å². The number of hydrogen-bond acceptors (Lipinski definition) is 2. The standard InChI is InChI=1S/C21H21OPS/c1-17-10-9-11-18(2)21(17)24-16-23(22,19-12-5-3-6-13-19)20-14-7-4-8-15-20/h3-15H,16H2,1-2H3. The first-order valence-electron chi connectivity index (χ1n) is 8.00. The van der Waals surface area contributed by atoms with Crippen molar-refractivity contribution >= 4 is 29.5 Å². The Balaban J connectivity index is 1.99. The van der Waals surface area contributed by atoms with E-state index in [2.05, 4.69) is 32.0 Å². The Morgan fingerprint density at radius 2 is 1.17 bits per heavy atom. The third-order valence-electron chi connectivity index (χ3n) is 4.15. The maximum atomic E-state index is 14.0. The number of hydrogen-bond donors (Lipinski definition) is 0. The maximum Gasteiger partial charge on any atom is 0.153 e. The molecule has 0 saturated carbocycles. The predicted octanol–water partition coefficient (Wildman–Crippen LogP) is 5.37. The van der Waals surface area contributed by atoms with E-state index in [0.717, 1.165) is 10.6 Å². The fourth-order valence-electron chi connectivity index (χ4n) is 2.82. The Kier molecular flexibility index (Phi) is 5.28. The highest BCUT2D eigenvalue weighted by Crippen LogP contribution is 2.48. The highest BCUT2D eigenvalue weighted by Gasteiger charge is 2.27. The molecule has 0 bridgehead atoms. The van der Waals surface area contributed by atoms with Gasteiger partial charge in [-0.2, -0.15) is 0 Å². The number of rotatable bonds is 5. The summed E-state index contributed by atoms with van der Waals surface area (Å²) in [6.45, 7) is 4.23. The van der Waals surface area contributed by atoms with E-state index in [1.54, 1.807) is 11.8 Å². The van der Waals surface area contributed by atoms with Crippen LogP contribution in [0.1, 0.15) is 11.1 Å². The van der Waals surface area contributed by atoms with Gasteiger partial charge in [0, 0.05) is 15.5 Å². The minimum absolute atomic E-state index is 0.576. The van der Waals surface area contributed by atoms with E-state index in [1.165, 1.54) is 16.0 Å². The molecule has 0 aliphatic carbocycles. The van der Waals surface area contributed by atoms with Crippen LogP contribution < -0.4 is 10.6 Å². The molecular formula is C21H21OPS. The van der Waals surface area contributed by atoms with Crippen LogP contribution in [0.3, 0.4) is 0 Å². The normalized spacial score (nSPS) is 11.4. The van der Waals surface area contributed by atoms with Gasteiger partial charge in [-0.3, -0.25) is 0 Å². The van der Waals surface area contributed by atoms with Crippen molar-refractivity contribution in [2.24, 2.45) is 0 Å². The lowest BCUT2D eigenvalue weighted by molar-refractivity contribution is 0.590. The monoisotopic (exact) mass is 352 g/mol. The van der Waals surface area contributed by atoms with E-state index in [1.807, 2.05) is 60.7 Å². The Morgan fingerprint density at radius 1 is 0.708 bits per heavy atom. The van der Waals surface area contributed by atoms with Crippen molar-refractivity contribution in [1.29, 1.82) is 0 Å². The second-order valence-electron chi connectivity index (χ2n) is 5.91. The van der Waals surface area contributed by atoms with E-state index in [4.69, 9.17) is 0 Å². The molecule has 122 valence electrons. The van der Waals surface area contributed by atoms with Gasteiger partial charge in [0.25, 0.3) is 0 Å². The average Bonchev–Trinajstić information content (AvgIpc) is 2.62. The zero-order chi connectivity index (χ0) is 17.0. The Bertz CT molecular complexity index is 796. The number of benzene rings is 3. The van der Waals surface area contributed by atoms with E-state index in [0.29, 0.717) is 5.49 Å². The Hall–Kier alpha value is -1.76. The third-order valence-corrected chi connectivity index (χ3v) is 9.31. The van der Waals surface area contributed by atoms with Gasteiger partial charge in [0.2, 0.25) is 0 Å². The second-order valence-corrected chi connectivity index (χ2v) is 10.1. The van der Waals surface area contributed by atoms with Crippen LogP contribution in [0.2, 0.25) is 0 Å². The van der Waals surface area contributed by atoms with Crippen molar-refractivity contribution in [1.82, 2.24) is 0 Å². The molecule has 0 fully saturated rings. The Morgan fingerprint density at radius 3 is 1.62 bits per heavy atom. The van der Waals surface area contributed by atoms with Crippen LogP contribution in [0.4, 0.5) is 0 Å². The molecule has 3 aromatic rings. The van der Waals surface area contributed by atoms with Crippen LogP contribution >= 0.6 is 18.9 Å². The zero-order valence-corrected chi connectivity index (χ0v) is 15.7. The molecule has 0 saturated heterocycles. The SMILES string of the molecule is Cc1cccc(C)c1SCP(=O)(c1ccccc1)c1ccccc1. The fourth-order valence-corrected chi connectivity index (χ4v) is 7.45. The van der Waals surface area contributed by atoms with Crippen molar-refractivity contribution in [2.45, 2.75) is 18.7 Å². The summed E-state index contributed by atoms with van der Waals surface area (Å²) in [6.07, 6.45) is 0. The van der Waals surface area contributed by atoms with Crippen molar-refractivity contribution < 1.29 is 4.57 Å². The summed E-state index contributed by atoms with van der Waals surface area (Å²) in [5, 5.41) is 1.85. The van der Waals surface area contributed by atoms with Crippen LogP contribution in [0.5, 0.6) is 0 Å². The molecule has 0 aromatic heterocycles. The van der Waals surface area contributed by atoms with Crippen LogP contribution in [0.25, 0.3) is 0 Å². The molecule has 0 atom stereocenters. The smallest absolute Gasteiger partial charge is 0.153 e. The molecule has 0 radical (unpaired) electrons. The lowest BCUT2D eigenvalue weighted by atomic mass is 10.2. The molecule has 0 N–H and O–H groups in total. The minimum Gasteiger partial charge on any atom is -0.313 e. The van der Waals surface area contributed by atoms with Gasteiger partial charge in [0.05, 0.1) is 5.49 Å². The van der Waals surface area contributed by atoms with Crippen molar-refractivity contribution in [2.75, 3.05) is 5.49 Å². The quantitative estimate of drug-likeness (QED) is 0.454. The fraction of sp³-hybridized carbons (Fsp3) is 0.143. The summed E-state index contributed by atoms with van der Waals surface area (Å²) in [7, 11) is -2.67. The lowest BCUT2D eigenvalue weighted by Crippen LogP contribution is -2.17. The minimum atomic E-state index is -2.67. The molecule has 0 unspecified atom stereocenters. The molecule has 0 heterocycles. The summed E-state index contributed by atoms with van der Waals surface area (Å²) in [5.41, 5.74) is 3.06. The summed E-state index contributed by atoms with van der Waals surface area (Å²) in [5.74, 6) is 0. The molecule has 0 aliphatic rings. The molecule has 24 heavy (non-hydrogen) atoms. The molecule has 0 spiro atoms. The van der Waals surface area contributed by atoms with Crippen molar-refractivity contribution in [3.05, 3.63) is 90.0 Å². The topological polar surface area (TPSA) is 17.1 Å². The molecule has 3 rings (SSSR count). The molecule has 3 aromatic carbocycles. The number of thioether (sulfide) groups is 1. The number of aryl methyl sites for hydroxylation is 2. The van der Waals surface area contributed by atoms with E-state index in [9.17, 15) is 4.57 Å². The van der Waals surface area contributed by atoms with Crippen LogP contribution in [0, 0.1) is 13.8 Å². The van der Waals surface area contributed by atoms with Gasteiger partial charge in [0.1, 0.15) is 0 Å². The van der Waals surface area contributed by atoms with Gasteiger partial charge >= 0.3 is 0 Å². The summed E-state index contributed by atoms with van der Waals surface area (Å²) >= 11 is 1.71. The van der Waals surface area contributed by atoms with Gasteiger partial charge < -0.3 is 4.57 Å². The lowest BCUT2D eigenvalue weighted by Gasteiger charge is -2.20. The highest BCUT2D eigenvalue weighted by atomic mass is 32.2. The molecular weight excluding hydrogens is 331 g/mol. The first-order valence-corrected chi connectivity index (χ1v) is 10.9. The first kappa shape index (κ1) is 17.1. The van der Waals surface area contributed by atoms with Crippen molar-refractivity contribution in [3.8, 4) is 0 Å². The molecule has 0 aliphatic heterocycles. The average molecular weight is 352 g/mol. The van der Waals surface area contributed by atoms with E-state index < -0.39 is 7.14 Å². The van der Waals surface area contributed by atoms with Gasteiger partial charge in [-0.25, -0.2) is 0 Å². The van der Waals surface area contributed by atoms with E-state index in [-0.39, 0.29) is 0 Å². The third kappa shape index (κ3) is 3.50. The predicted molar refractivity (Wildman–Crippen MR) is 106 cm³/mol. The van der Waals surface area contributed by atoms with Crippen LogP contribution in [-0.4, -0.2) is 5.49 Å². The maximum absolute atomic E-state index is 14.0. The van der Waals surface area contributed by atoms with Crippen LogP contribution in [-0.2, 0) is 4.57 Å². The van der Waals surface area contributed by atoms with Gasteiger partial charge in [-0.1, -0.05) is 78.9 Å². The van der Waals surface area contributed by atoms with Gasteiger partial charge in [0.15, 0.2) is 7.14 Å². The Labute approximate surface area is 148 Å². The highest BCUT2D eigenvalue weighted by molar-refractivity contribution is 8.08. The van der Waals surface area contributed by atoms with Gasteiger partial charge in [-0.15, -0.1) is 11.8 Å². The summed E-state index contributed by atoms with van der Waals surface area (Å²) in [6, 6.07) is 26.1. The molecule has 0 amide bonds. The molecule has 3 heteroatoms. The first-order chi connectivity index (χ1) is 11.6. The molecule has 1 nitrogen and oxygen atoms in total. The summed E-state index contributed by atoms with van der Waals surface area (Å²) < 4.78 is 14.0. The second kappa shape index (κ2) is 7.42. The summed E-state index contributed by atoms with van der Waals surface area (Å²) in [4.78, 5) is 1.24.